The largest absolute Gasteiger partial charge is 0.497 e. The first-order valence-electron chi connectivity index (χ1n) is 6.39. The molecule has 0 fully saturated rings. The predicted octanol–water partition coefficient (Wildman–Crippen LogP) is 3.17. The van der Waals surface area contributed by atoms with Crippen LogP contribution in [0.25, 0.3) is 0 Å². The van der Waals surface area contributed by atoms with Gasteiger partial charge in [0.25, 0.3) is 0 Å². The Morgan fingerprint density at radius 1 is 1.23 bits per heavy atom. The van der Waals surface area contributed by atoms with Crippen molar-refractivity contribution in [3.63, 3.8) is 0 Å². The van der Waals surface area contributed by atoms with Gasteiger partial charge < -0.3 is 10.1 Å². The number of hydrogen-bond acceptors (Lipinski definition) is 3. The molecule has 0 unspecified atom stereocenters. The molecule has 2 rings (SSSR count). The summed E-state index contributed by atoms with van der Waals surface area (Å²) in [6, 6.07) is 9.07. The summed E-state index contributed by atoms with van der Waals surface area (Å²) < 4.78 is 43.2. The van der Waals surface area contributed by atoms with Crippen LogP contribution in [0.3, 0.4) is 0 Å². The molecule has 0 atom stereocenters. The number of methoxy groups -OCH3 is 1. The Kier molecular flexibility index (Phi) is 6.70. The second kappa shape index (κ2) is 8.05. The van der Waals surface area contributed by atoms with E-state index in [1.54, 1.807) is 13.2 Å². The lowest BCUT2D eigenvalue weighted by Gasteiger charge is -2.11. The van der Waals surface area contributed by atoms with Gasteiger partial charge in [-0.2, -0.15) is 18.3 Å². The van der Waals surface area contributed by atoms with Crippen molar-refractivity contribution < 1.29 is 17.9 Å². The Morgan fingerprint density at radius 2 is 2.00 bits per heavy atom. The minimum absolute atomic E-state index is 0. The summed E-state index contributed by atoms with van der Waals surface area (Å²) in [4.78, 5) is 0. The predicted molar refractivity (Wildman–Crippen MR) is 79.1 cm³/mol. The fourth-order valence-electron chi connectivity index (χ4n) is 1.94. The van der Waals surface area contributed by atoms with Crippen molar-refractivity contribution in [3.8, 4) is 5.75 Å². The number of rotatable bonds is 6. The third kappa shape index (κ3) is 5.57. The summed E-state index contributed by atoms with van der Waals surface area (Å²) in [5.41, 5.74) is 1.49. The van der Waals surface area contributed by atoms with E-state index >= 15 is 0 Å². The van der Waals surface area contributed by atoms with E-state index in [1.807, 2.05) is 24.3 Å². The van der Waals surface area contributed by atoms with Gasteiger partial charge >= 0.3 is 6.18 Å². The van der Waals surface area contributed by atoms with E-state index in [2.05, 4.69) is 10.4 Å². The number of ether oxygens (including phenoxy) is 1. The van der Waals surface area contributed by atoms with Crippen LogP contribution in [0.4, 0.5) is 13.2 Å². The van der Waals surface area contributed by atoms with E-state index in [1.165, 1.54) is 6.20 Å². The number of nitrogens with zero attached hydrogens (tertiary/aromatic N) is 2. The molecule has 0 aliphatic carbocycles. The molecule has 0 saturated heterocycles. The molecular formula is C14H17ClF3N3O. The molecule has 0 saturated carbocycles. The summed E-state index contributed by atoms with van der Waals surface area (Å²) in [6.07, 6.45) is -2.90. The van der Waals surface area contributed by atoms with Gasteiger partial charge in [-0.1, -0.05) is 12.1 Å². The molecule has 1 aromatic carbocycles. The summed E-state index contributed by atoms with van der Waals surface area (Å²) in [6.45, 7) is -0.224. The minimum atomic E-state index is -4.27. The van der Waals surface area contributed by atoms with Crippen LogP contribution in [0, 0.1) is 0 Å². The van der Waals surface area contributed by atoms with Crippen molar-refractivity contribution in [1.29, 1.82) is 0 Å². The fourth-order valence-corrected chi connectivity index (χ4v) is 1.94. The van der Waals surface area contributed by atoms with Crippen LogP contribution < -0.4 is 10.1 Å². The first-order valence-corrected chi connectivity index (χ1v) is 6.39. The average molecular weight is 336 g/mol. The molecule has 22 heavy (non-hydrogen) atoms. The number of hydrogen-bond donors (Lipinski definition) is 1. The SMILES string of the molecule is COc1cccc(CNCc2ccnn2CC(F)(F)F)c1.Cl. The molecule has 0 spiro atoms. The Hall–Kier alpha value is -1.73. The van der Waals surface area contributed by atoms with Crippen molar-refractivity contribution in [2.24, 2.45) is 0 Å². The van der Waals surface area contributed by atoms with Gasteiger partial charge in [0.05, 0.1) is 12.8 Å². The van der Waals surface area contributed by atoms with Crippen molar-refractivity contribution in [2.75, 3.05) is 7.11 Å². The van der Waals surface area contributed by atoms with Crippen LogP contribution in [-0.4, -0.2) is 23.1 Å². The highest BCUT2D eigenvalue weighted by Gasteiger charge is 2.29. The molecule has 0 aliphatic rings. The van der Waals surface area contributed by atoms with Crippen LogP contribution in [0.15, 0.2) is 36.5 Å². The van der Waals surface area contributed by atoms with Crippen LogP contribution >= 0.6 is 12.4 Å². The van der Waals surface area contributed by atoms with E-state index < -0.39 is 12.7 Å². The van der Waals surface area contributed by atoms with Crippen LogP contribution in [0.5, 0.6) is 5.75 Å². The third-order valence-corrected chi connectivity index (χ3v) is 2.90. The molecule has 0 aliphatic heterocycles. The first kappa shape index (κ1) is 18.3. The standard InChI is InChI=1S/C14H16F3N3O.ClH/c1-21-13-4-2-3-11(7-13)8-18-9-12-5-6-19-20(12)10-14(15,16)17;/h2-7,18H,8-10H2,1H3;1H. The lowest BCUT2D eigenvalue weighted by molar-refractivity contribution is -0.143. The topological polar surface area (TPSA) is 39.1 Å². The second-order valence-electron chi connectivity index (χ2n) is 4.55. The normalized spacial score (nSPS) is 11.1. The summed E-state index contributed by atoms with van der Waals surface area (Å²) in [7, 11) is 1.59. The van der Waals surface area contributed by atoms with Crippen LogP contribution in [0.2, 0.25) is 0 Å². The monoisotopic (exact) mass is 335 g/mol. The molecular weight excluding hydrogens is 319 g/mol. The van der Waals surface area contributed by atoms with E-state index in [-0.39, 0.29) is 12.4 Å². The van der Waals surface area contributed by atoms with Gasteiger partial charge in [0, 0.05) is 19.3 Å². The second-order valence-corrected chi connectivity index (χ2v) is 4.55. The lowest BCUT2D eigenvalue weighted by Crippen LogP contribution is -2.23. The Balaban J connectivity index is 0.00000242. The molecule has 0 bridgehead atoms. The molecule has 0 radical (unpaired) electrons. The van der Waals surface area contributed by atoms with E-state index in [9.17, 15) is 13.2 Å². The maximum atomic E-state index is 12.4. The van der Waals surface area contributed by atoms with Crippen LogP contribution in [0.1, 0.15) is 11.3 Å². The van der Waals surface area contributed by atoms with E-state index in [4.69, 9.17) is 4.74 Å². The van der Waals surface area contributed by atoms with Crippen molar-refractivity contribution >= 4 is 12.4 Å². The van der Waals surface area contributed by atoms with E-state index in [0.29, 0.717) is 18.8 Å². The molecule has 8 heteroatoms. The molecule has 1 N–H and O–H groups in total. The highest BCUT2D eigenvalue weighted by atomic mass is 35.5. The quantitative estimate of drug-likeness (QED) is 0.881. The maximum Gasteiger partial charge on any atom is 0.408 e. The zero-order valence-corrected chi connectivity index (χ0v) is 12.7. The van der Waals surface area contributed by atoms with Gasteiger partial charge in [0.1, 0.15) is 12.3 Å². The molecule has 2 aromatic rings. The maximum absolute atomic E-state index is 12.4. The first-order chi connectivity index (χ1) is 9.98. The zero-order valence-electron chi connectivity index (χ0n) is 11.9. The Labute approximate surface area is 132 Å². The molecule has 1 heterocycles. The van der Waals surface area contributed by atoms with Crippen molar-refractivity contribution in [3.05, 3.63) is 47.8 Å². The fraction of sp³-hybridized carbons (Fsp3) is 0.357. The smallest absolute Gasteiger partial charge is 0.408 e. The molecule has 122 valence electrons. The number of nitrogens with one attached hydrogen (secondary N) is 1. The minimum Gasteiger partial charge on any atom is -0.497 e. The van der Waals surface area contributed by atoms with Gasteiger partial charge in [0.15, 0.2) is 0 Å². The summed E-state index contributed by atoms with van der Waals surface area (Å²) in [5.74, 6) is 0.747. The van der Waals surface area contributed by atoms with Gasteiger partial charge in [0.2, 0.25) is 0 Å². The average Bonchev–Trinajstić information content (AvgIpc) is 2.84. The van der Waals surface area contributed by atoms with Gasteiger partial charge in [-0.3, -0.25) is 4.68 Å². The lowest BCUT2D eigenvalue weighted by atomic mass is 10.2. The number of aromatic nitrogens is 2. The van der Waals surface area contributed by atoms with Gasteiger partial charge in [-0.25, -0.2) is 0 Å². The van der Waals surface area contributed by atoms with E-state index in [0.717, 1.165) is 16.0 Å². The number of benzene rings is 1. The molecule has 0 amide bonds. The molecule has 1 aromatic heterocycles. The Morgan fingerprint density at radius 3 is 2.68 bits per heavy atom. The zero-order chi connectivity index (χ0) is 15.3. The molecule has 4 nitrogen and oxygen atoms in total. The number of halogens is 4. The third-order valence-electron chi connectivity index (χ3n) is 2.90. The number of alkyl halides is 3. The summed E-state index contributed by atoms with van der Waals surface area (Å²) in [5, 5.41) is 6.79. The van der Waals surface area contributed by atoms with Crippen molar-refractivity contribution in [1.82, 2.24) is 15.1 Å². The Bertz CT molecular complexity index is 587. The van der Waals surface area contributed by atoms with Gasteiger partial charge in [-0.15, -0.1) is 12.4 Å². The summed E-state index contributed by atoms with van der Waals surface area (Å²) >= 11 is 0. The highest BCUT2D eigenvalue weighted by Crippen LogP contribution is 2.18. The van der Waals surface area contributed by atoms with Crippen LogP contribution in [-0.2, 0) is 19.6 Å². The highest BCUT2D eigenvalue weighted by molar-refractivity contribution is 5.85. The van der Waals surface area contributed by atoms with Gasteiger partial charge in [-0.05, 0) is 23.8 Å². The van der Waals surface area contributed by atoms with Crippen molar-refractivity contribution in [2.45, 2.75) is 25.8 Å².